The van der Waals surface area contributed by atoms with Gasteiger partial charge in [0.15, 0.2) is 0 Å². The van der Waals surface area contributed by atoms with Crippen LogP contribution in [-0.2, 0) is 9.53 Å². The number of ether oxygens (including phenoxy) is 2. The van der Waals surface area contributed by atoms with Crippen LogP contribution in [0.2, 0.25) is 0 Å². The Bertz CT molecular complexity index is 598. The fourth-order valence-electron chi connectivity index (χ4n) is 1.90. The third kappa shape index (κ3) is 4.01. The molecule has 0 aromatic heterocycles. The number of carbonyl (C=O) groups is 1. The molecule has 0 aliphatic carbocycles. The van der Waals surface area contributed by atoms with Crippen LogP contribution in [0.25, 0.3) is 5.57 Å². The quantitative estimate of drug-likeness (QED) is 0.641. The van der Waals surface area contributed by atoms with Gasteiger partial charge in [-0.3, -0.25) is 0 Å². The van der Waals surface area contributed by atoms with E-state index >= 15 is 0 Å². The first-order valence-electron chi connectivity index (χ1n) is 6.54. The van der Waals surface area contributed by atoms with Crippen molar-refractivity contribution in [3.05, 3.63) is 36.2 Å². The Hall–Kier alpha value is -2.09. The number of alkyl halides is 3. The molecule has 8 heteroatoms. The van der Waals surface area contributed by atoms with Crippen molar-refractivity contribution in [1.29, 1.82) is 0 Å². The van der Waals surface area contributed by atoms with Crippen molar-refractivity contribution in [2.24, 2.45) is 0 Å². The van der Waals surface area contributed by atoms with Crippen molar-refractivity contribution in [2.75, 3.05) is 13.7 Å². The summed E-state index contributed by atoms with van der Waals surface area (Å²) in [6, 6.07) is 3.16. The highest BCUT2D eigenvalue weighted by atomic mass is 19.4. The van der Waals surface area contributed by atoms with Gasteiger partial charge in [-0.1, -0.05) is 6.58 Å². The number of carbonyl (C=O) groups excluding carboxylic acids is 1. The Morgan fingerprint density at radius 3 is 2.43 bits per heavy atom. The van der Waals surface area contributed by atoms with Gasteiger partial charge >= 0.3 is 12.1 Å². The molecule has 0 bridgehead atoms. The lowest BCUT2D eigenvalue weighted by atomic mass is 9.90. The number of hydrogen-bond donors (Lipinski definition) is 1. The minimum Gasteiger partial charge on any atom is -0.496 e. The second-order valence-electron chi connectivity index (χ2n) is 4.70. The second-order valence-corrected chi connectivity index (χ2v) is 4.70. The molecule has 0 spiro atoms. The second kappa shape index (κ2) is 6.99. The molecule has 0 radical (unpaired) electrons. The van der Waals surface area contributed by atoms with Crippen molar-refractivity contribution < 1.29 is 36.9 Å². The molecule has 0 saturated heterocycles. The predicted molar refractivity (Wildman–Crippen MR) is 74.2 cm³/mol. The van der Waals surface area contributed by atoms with Gasteiger partial charge in [-0.15, -0.1) is 0 Å². The van der Waals surface area contributed by atoms with Crippen LogP contribution in [0.3, 0.4) is 0 Å². The Morgan fingerprint density at radius 2 is 1.96 bits per heavy atom. The van der Waals surface area contributed by atoms with Crippen molar-refractivity contribution in [1.82, 2.24) is 0 Å². The third-order valence-corrected chi connectivity index (χ3v) is 3.09. The molecule has 23 heavy (non-hydrogen) atoms. The van der Waals surface area contributed by atoms with Gasteiger partial charge in [0.05, 0.1) is 13.7 Å². The lowest BCUT2D eigenvalue weighted by Gasteiger charge is -2.29. The van der Waals surface area contributed by atoms with E-state index in [0.29, 0.717) is 0 Å². The zero-order valence-corrected chi connectivity index (χ0v) is 12.5. The highest BCUT2D eigenvalue weighted by Gasteiger charge is 2.60. The SMILES string of the molecule is C=C(CC(O)(C(=O)OCC)C(F)(F)F)c1cc(F)ccc1OC. The zero-order chi connectivity index (χ0) is 17.8. The number of halogens is 4. The van der Waals surface area contributed by atoms with Gasteiger partial charge in [-0.05, 0) is 30.7 Å². The van der Waals surface area contributed by atoms with E-state index in [0.717, 1.165) is 12.1 Å². The molecule has 1 aromatic carbocycles. The van der Waals surface area contributed by atoms with Crippen LogP contribution < -0.4 is 4.74 Å². The van der Waals surface area contributed by atoms with E-state index in [9.17, 15) is 27.5 Å². The van der Waals surface area contributed by atoms with Crippen molar-refractivity contribution >= 4 is 11.5 Å². The van der Waals surface area contributed by atoms with Crippen LogP contribution in [0, 0.1) is 5.82 Å². The number of methoxy groups -OCH3 is 1. The van der Waals surface area contributed by atoms with Crippen LogP contribution in [-0.4, -0.2) is 36.6 Å². The Morgan fingerprint density at radius 1 is 1.35 bits per heavy atom. The molecule has 128 valence electrons. The van der Waals surface area contributed by atoms with Gasteiger partial charge in [0.2, 0.25) is 0 Å². The molecule has 0 fully saturated rings. The molecule has 0 aliphatic rings. The van der Waals surface area contributed by atoms with Gasteiger partial charge in [-0.25, -0.2) is 9.18 Å². The fourth-order valence-corrected chi connectivity index (χ4v) is 1.90. The van der Waals surface area contributed by atoms with Crippen molar-refractivity contribution in [3.63, 3.8) is 0 Å². The summed E-state index contributed by atoms with van der Waals surface area (Å²) in [4.78, 5) is 11.6. The largest absolute Gasteiger partial charge is 0.496 e. The highest BCUT2D eigenvalue weighted by molar-refractivity contribution is 5.84. The van der Waals surface area contributed by atoms with E-state index < -0.39 is 30.0 Å². The monoisotopic (exact) mass is 336 g/mol. The number of aliphatic hydroxyl groups is 1. The maximum atomic E-state index is 13.3. The lowest BCUT2D eigenvalue weighted by molar-refractivity contribution is -0.260. The van der Waals surface area contributed by atoms with E-state index in [1.807, 2.05) is 0 Å². The summed E-state index contributed by atoms with van der Waals surface area (Å²) in [7, 11) is 1.24. The summed E-state index contributed by atoms with van der Waals surface area (Å²) in [6.07, 6.45) is -6.50. The van der Waals surface area contributed by atoms with Gasteiger partial charge < -0.3 is 14.6 Å². The van der Waals surface area contributed by atoms with E-state index in [1.165, 1.54) is 20.1 Å². The summed E-state index contributed by atoms with van der Waals surface area (Å²) in [6.45, 7) is 4.37. The average Bonchev–Trinajstić information content (AvgIpc) is 2.46. The first-order valence-corrected chi connectivity index (χ1v) is 6.54. The maximum Gasteiger partial charge on any atom is 0.428 e. The van der Waals surface area contributed by atoms with Gasteiger partial charge in [-0.2, -0.15) is 13.2 Å². The first kappa shape index (κ1) is 19.0. The molecular formula is C15H16F4O4. The molecule has 0 amide bonds. The smallest absolute Gasteiger partial charge is 0.428 e. The summed E-state index contributed by atoms with van der Waals surface area (Å²) in [5.74, 6) is -2.51. The molecule has 1 atom stereocenters. The average molecular weight is 336 g/mol. The highest BCUT2D eigenvalue weighted by Crippen LogP contribution is 2.40. The summed E-state index contributed by atoms with van der Waals surface area (Å²) >= 11 is 0. The first-order chi connectivity index (χ1) is 10.6. The molecule has 0 aliphatic heterocycles. The summed E-state index contributed by atoms with van der Waals surface area (Å²) in [5, 5.41) is 9.82. The number of esters is 1. The fraction of sp³-hybridized carbons (Fsp3) is 0.400. The minimum atomic E-state index is -5.29. The van der Waals surface area contributed by atoms with Gasteiger partial charge in [0.1, 0.15) is 11.6 Å². The number of hydrogen-bond acceptors (Lipinski definition) is 4. The van der Waals surface area contributed by atoms with Crippen LogP contribution >= 0.6 is 0 Å². The summed E-state index contributed by atoms with van der Waals surface area (Å²) in [5.41, 5.74) is -4.19. The standard InChI is InChI=1S/C15H16F4O4/c1-4-23-13(20)14(21,15(17,18)19)8-9(2)11-7-10(16)5-6-12(11)22-3/h5-7,21H,2,4,8H2,1,3H3. The molecule has 0 heterocycles. The molecular weight excluding hydrogens is 320 g/mol. The number of rotatable bonds is 6. The van der Waals surface area contributed by atoms with Gasteiger partial charge in [0, 0.05) is 12.0 Å². The van der Waals surface area contributed by atoms with E-state index in [2.05, 4.69) is 11.3 Å². The van der Waals surface area contributed by atoms with Crippen molar-refractivity contribution in [2.45, 2.75) is 25.1 Å². The zero-order valence-electron chi connectivity index (χ0n) is 12.5. The van der Waals surface area contributed by atoms with Crippen molar-refractivity contribution in [3.8, 4) is 5.75 Å². The third-order valence-electron chi connectivity index (χ3n) is 3.09. The van der Waals surface area contributed by atoms with Crippen LogP contribution in [0.5, 0.6) is 5.75 Å². The summed E-state index contributed by atoms with van der Waals surface area (Å²) < 4.78 is 61.9. The molecule has 1 rings (SSSR count). The topological polar surface area (TPSA) is 55.8 Å². The van der Waals surface area contributed by atoms with E-state index in [4.69, 9.17) is 4.74 Å². The van der Waals surface area contributed by atoms with E-state index in [1.54, 1.807) is 0 Å². The Labute approximate surface area is 130 Å². The normalized spacial score (nSPS) is 14.0. The predicted octanol–water partition coefficient (Wildman–Crippen LogP) is 3.09. The molecule has 1 aromatic rings. The molecule has 1 unspecified atom stereocenters. The van der Waals surface area contributed by atoms with Crippen LogP contribution in [0.4, 0.5) is 17.6 Å². The maximum absolute atomic E-state index is 13.3. The Kier molecular flexibility index (Phi) is 5.76. The van der Waals surface area contributed by atoms with Gasteiger partial charge in [0.25, 0.3) is 5.60 Å². The van der Waals surface area contributed by atoms with E-state index in [-0.39, 0.29) is 23.5 Å². The molecule has 1 N–H and O–H groups in total. The molecule has 0 saturated carbocycles. The van der Waals surface area contributed by atoms with Crippen LogP contribution in [0.15, 0.2) is 24.8 Å². The minimum absolute atomic E-state index is 0.0600. The number of benzene rings is 1. The Balaban J connectivity index is 3.22. The lowest BCUT2D eigenvalue weighted by Crippen LogP contribution is -2.53. The van der Waals surface area contributed by atoms with Crippen LogP contribution in [0.1, 0.15) is 18.9 Å². The molecule has 4 nitrogen and oxygen atoms in total.